The van der Waals surface area contributed by atoms with Gasteiger partial charge < -0.3 is 16.0 Å². The molecule has 0 radical (unpaired) electrons. The van der Waals surface area contributed by atoms with Gasteiger partial charge in [0.25, 0.3) is 0 Å². The summed E-state index contributed by atoms with van der Waals surface area (Å²) in [6.45, 7) is 7.95. The predicted molar refractivity (Wildman–Crippen MR) is 78.8 cm³/mol. The SMILES string of the molecule is CCN(CC)C(=O)C(C)Nc1nc(N)nc(C)c1[N+](=O)[O-]. The third-order valence-corrected chi connectivity index (χ3v) is 3.06. The Balaban J connectivity index is 3.07. The summed E-state index contributed by atoms with van der Waals surface area (Å²) in [6, 6.07) is -0.655. The number of nitrogens with zero attached hydrogens (tertiary/aromatic N) is 4. The molecule has 9 heteroatoms. The summed E-state index contributed by atoms with van der Waals surface area (Å²) in [5.41, 5.74) is 5.39. The Labute approximate surface area is 122 Å². The molecule has 1 amide bonds. The minimum atomic E-state index is -0.655. The first-order valence-electron chi connectivity index (χ1n) is 6.65. The first-order valence-corrected chi connectivity index (χ1v) is 6.65. The summed E-state index contributed by atoms with van der Waals surface area (Å²) in [6.07, 6.45) is 0. The number of rotatable bonds is 6. The number of amides is 1. The number of likely N-dealkylation sites (N-methyl/N-ethyl adjacent to an activating group) is 1. The van der Waals surface area contributed by atoms with Gasteiger partial charge in [-0.1, -0.05) is 0 Å². The summed E-state index contributed by atoms with van der Waals surface area (Å²) in [7, 11) is 0. The average Bonchev–Trinajstić information content (AvgIpc) is 2.38. The van der Waals surface area contributed by atoms with Gasteiger partial charge in [0.05, 0.1) is 4.92 Å². The van der Waals surface area contributed by atoms with Crippen molar-refractivity contribution >= 4 is 23.4 Å². The van der Waals surface area contributed by atoms with E-state index in [1.165, 1.54) is 6.92 Å². The minimum absolute atomic E-state index is 0.0435. The maximum absolute atomic E-state index is 12.2. The molecular weight excluding hydrogens is 276 g/mol. The minimum Gasteiger partial charge on any atom is -0.368 e. The molecule has 0 fully saturated rings. The van der Waals surface area contributed by atoms with Gasteiger partial charge in [0.1, 0.15) is 11.7 Å². The highest BCUT2D eigenvalue weighted by molar-refractivity contribution is 5.84. The van der Waals surface area contributed by atoms with E-state index in [1.54, 1.807) is 11.8 Å². The maximum atomic E-state index is 12.2. The van der Waals surface area contributed by atoms with Gasteiger partial charge in [-0.15, -0.1) is 0 Å². The molecule has 1 unspecified atom stereocenters. The quantitative estimate of drug-likeness (QED) is 0.590. The summed E-state index contributed by atoms with van der Waals surface area (Å²) in [5.74, 6) is -0.287. The van der Waals surface area contributed by atoms with Crippen LogP contribution in [0.4, 0.5) is 17.5 Å². The Morgan fingerprint density at radius 2 is 2.00 bits per heavy atom. The van der Waals surface area contributed by atoms with Gasteiger partial charge in [-0.05, 0) is 27.7 Å². The van der Waals surface area contributed by atoms with Crippen molar-refractivity contribution in [2.75, 3.05) is 24.1 Å². The van der Waals surface area contributed by atoms with Crippen LogP contribution in [-0.2, 0) is 4.79 Å². The summed E-state index contributed by atoms with van der Waals surface area (Å²) in [5, 5.41) is 13.9. The predicted octanol–water partition coefficient (Wildman–Crippen LogP) is 0.944. The average molecular weight is 296 g/mol. The highest BCUT2D eigenvalue weighted by atomic mass is 16.6. The number of aryl methyl sites for hydroxylation is 1. The lowest BCUT2D eigenvalue weighted by atomic mass is 10.2. The first-order chi connectivity index (χ1) is 9.81. The fourth-order valence-corrected chi connectivity index (χ4v) is 1.98. The molecule has 3 N–H and O–H groups in total. The van der Waals surface area contributed by atoms with E-state index < -0.39 is 11.0 Å². The Morgan fingerprint density at radius 3 is 2.48 bits per heavy atom. The van der Waals surface area contributed by atoms with Crippen molar-refractivity contribution in [1.29, 1.82) is 0 Å². The number of hydrogen-bond acceptors (Lipinski definition) is 7. The number of nitrogens with one attached hydrogen (secondary N) is 1. The molecule has 1 aromatic rings. The third kappa shape index (κ3) is 3.77. The highest BCUT2D eigenvalue weighted by Crippen LogP contribution is 2.26. The molecule has 0 bridgehead atoms. The van der Waals surface area contributed by atoms with Crippen LogP contribution in [0.25, 0.3) is 0 Å². The van der Waals surface area contributed by atoms with E-state index in [0.717, 1.165) is 0 Å². The third-order valence-electron chi connectivity index (χ3n) is 3.06. The molecule has 116 valence electrons. The molecule has 1 aromatic heterocycles. The number of nitrogens with two attached hydrogens (primary N) is 1. The molecule has 1 atom stereocenters. The van der Waals surface area contributed by atoms with Crippen molar-refractivity contribution in [3.63, 3.8) is 0 Å². The van der Waals surface area contributed by atoms with Gasteiger partial charge in [-0.2, -0.15) is 4.98 Å². The Morgan fingerprint density at radius 1 is 1.43 bits per heavy atom. The number of hydrogen-bond donors (Lipinski definition) is 2. The van der Waals surface area contributed by atoms with Gasteiger partial charge in [0, 0.05) is 13.1 Å². The van der Waals surface area contributed by atoms with Gasteiger partial charge in [-0.3, -0.25) is 14.9 Å². The lowest BCUT2D eigenvalue weighted by Gasteiger charge is -2.23. The number of carbonyl (C=O) groups excluding carboxylic acids is 1. The van der Waals surface area contributed by atoms with Crippen molar-refractivity contribution in [3.05, 3.63) is 15.8 Å². The van der Waals surface area contributed by atoms with Crippen molar-refractivity contribution in [2.45, 2.75) is 33.7 Å². The fourth-order valence-electron chi connectivity index (χ4n) is 1.98. The zero-order valence-electron chi connectivity index (χ0n) is 12.6. The molecule has 1 heterocycles. The van der Waals surface area contributed by atoms with Gasteiger partial charge in [-0.25, -0.2) is 4.98 Å². The van der Waals surface area contributed by atoms with Crippen LogP contribution in [0.2, 0.25) is 0 Å². The number of carbonyl (C=O) groups is 1. The standard InChI is InChI=1S/C12H20N6O3/c1-5-17(6-2)11(19)8(4)14-10-9(18(20)21)7(3)15-12(13)16-10/h8H,5-6H2,1-4H3,(H3,13,14,15,16). The summed E-state index contributed by atoms with van der Waals surface area (Å²) in [4.78, 5) is 31.9. The van der Waals surface area contributed by atoms with Crippen molar-refractivity contribution in [2.24, 2.45) is 0 Å². The molecule has 0 saturated carbocycles. The smallest absolute Gasteiger partial charge is 0.332 e. The van der Waals surface area contributed by atoms with Crippen LogP contribution in [-0.4, -0.2) is 44.8 Å². The van der Waals surface area contributed by atoms with Crippen molar-refractivity contribution < 1.29 is 9.72 Å². The van der Waals surface area contributed by atoms with Crippen LogP contribution in [0.3, 0.4) is 0 Å². The van der Waals surface area contributed by atoms with Crippen molar-refractivity contribution in [3.8, 4) is 0 Å². The lowest BCUT2D eigenvalue weighted by Crippen LogP contribution is -2.41. The molecule has 9 nitrogen and oxygen atoms in total. The topological polar surface area (TPSA) is 127 Å². The van der Waals surface area contributed by atoms with Gasteiger partial charge in [0.2, 0.25) is 17.7 Å². The van der Waals surface area contributed by atoms with Crippen LogP contribution < -0.4 is 11.1 Å². The summed E-state index contributed by atoms with van der Waals surface area (Å²) >= 11 is 0. The highest BCUT2D eigenvalue weighted by Gasteiger charge is 2.26. The second-order valence-electron chi connectivity index (χ2n) is 4.50. The van der Waals surface area contributed by atoms with E-state index in [-0.39, 0.29) is 29.1 Å². The Bertz CT molecular complexity index is 544. The molecule has 0 spiro atoms. The van der Waals surface area contributed by atoms with Crippen LogP contribution >= 0.6 is 0 Å². The zero-order valence-corrected chi connectivity index (χ0v) is 12.6. The second-order valence-corrected chi connectivity index (χ2v) is 4.50. The van der Waals surface area contributed by atoms with Crippen LogP contribution in [0, 0.1) is 17.0 Å². The van der Waals surface area contributed by atoms with Crippen LogP contribution in [0.1, 0.15) is 26.5 Å². The van der Waals surface area contributed by atoms with E-state index in [0.29, 0.717) is 13.1 Å². The molecule has 0 aliphatic heterocycles. The molecule has 0 aliphatic rings. The van der Waals surface area contributed by atoms with Gasteiger partial charge in [0.15, 0.2) is 0 Å². The van der Waals surface area contributed by atoms with Crippen LogP contribution in [0.5, 0.6) is 0 Å². The normalized spacial score (nSPS) is 11.8. The van der Waals surface area contributed by atoms with E-state index in [9.17, 15) is 14.9 Å². The molecule has 0 saturated heterocycles. The number of nitrogen functional groups attached to an aromatic ring is 1. The largest absolute Gasteiger partial charge is 0.368 e. The first kappa shape index (κ1) is 16.6. The lowest BCUT2D eigenvalue weighted by molar-refractivity contribution is -0.385. The fraction of sp³-hybridized carbons (Fsp3) is 0.583. The van der Waals surface area contributed by atoms with E-state index in [2.05, 4.69) is 15.3 Å². The number of anilines is 2. The van der Waals surface area contributed by atoms with E-state index >= 15 is 0 Å². The van der Waals surface area contributed by atoms with Gasteiger partial charge >= 0.3 is 5.69 Å². The Kier molecular flexibility index (Phi) is 5.39. The second kappa shape index (κ2) is 6.82. The van der Waals surface area contributed by atoms with Crippen LogP contribution in [0.15, 0.2) is 0 Å². The van der Waals surface area contributed by atoms with Crippen molar-refractivity contribution in [1.82, 2.24) is 14.9 Å². The molecule has 1 rings (SSSR count). The Hall–Kier alpha value is -2.45. The summed E-state index contributed by atoms with van der Waals surface area (Å²) < 4.78 is 0. The van der Waals surface area contributed by atoms with E-state index in [1.807, 2.05) is 13.8 Å². The van der Waals surface area contributed by atoms with E-state index in [4.69, 9.17) is 5.73 Å². The molecule has 0 aromatic carbocycles. The number of aromatic nitrogens is 2. The molecule has 0 aliphatic carbocycles. The monoisotopic (exact) mass is 296 g/mol. The molecule has 21 heavy (non-hydrogen) atoms. The zero-order chi connectivity index (χ0) is 16.2. The number of nitro groups is 1. The maximum Gasteiger partial charge on any atom is 0.332 e. The molecular formula is C12H20N6O3.